The first-order chi connectivity index (χ1) is 20.7. The zero-order valence-electron chi connectivity index (χ0n) is 24.4. The molecular weight excluding hydrogens is 647 g/mol. The van der Waals surface area contributed by atoms with Crippen molar-refractivity contribution in [1.29, 1.82) is 0 Å². The Hall–Kier alpha value is -3.44. The molecular formula is C30H33AsF4N4O5. The van der Waals surface area contributed by atoms with Crippen LogP contribution in [0, 0.1) is 11.7 Å². The summed E-state index contributed by atoms with van der Waals surface area (Å²) in [7, 11) is 1.43. The number of urea groups is 1. The Morgan fingerprint density at radius 2 is 1.68 bits per heavy atom. The molecule has 2 aromatic rings. The van der Waals surface area contributed by atoms with E-state index < -0.39 is 58.5 Å². The first-order valence-electron chi connectivity index (χ1n) is 14.3. The van der Waals surface area contributed by atoms with Crippen molar-refractivity contribution in [2.75, 3.05) is 38.3 Å². The molecule has 2 aromatic carbocycles. The molecule has 3 saturated heterocycles. The Bertz CT molecular complexity index is 1460. The topological polar surface area (TPSA) is 99.3 Å². The number of carbonyl (C=O) groups excluding carboxylic acids is 4. The Morgan fingerprint density at radius 1 is 1.05 bits per heavy atom. The van der Waals surface area contributed by atoms with Gasteiger partial charge in [0.05, 0.1) is 11.1 Å². The normalized spacial score (nSPS) is 19.8. The minimum atomic E-state index is -4.78. The van der Waals surface area contributed by atoms with Crippen LogP contribution in [0.15, 0.2) is 42.5 Å². The number of nitrogens with zero attached hydrogens (tertiary/aromatic N) is 3. The number of amides is 5. The Kier molecular flexibility index (Phi) is 8.83. The second-order valence-electron chi connectivity index (χ2n) is 11.7. The van der Waals surface area contributed by atoms with Crippen LogP contribution in [0.2, 0.25) is 4.71 Å². The van der Waals surface area contributed by atoms with E-state index in [0.717, 1.165) is 18.1 Å². The van der Waals surface area contributed by atoms with E-state index in [4.69, 9.17) is 4.74 Å². The fraction of sp³-hybridized carbons (Fsp3) is 0.467. The second kappa shape index (κ2) is 12.2. The molecule has 5 rings (SSSR count). The third kappa shape index (κ3) is 5.96. The SMILES string of the molecule is CC(C)C(NC(=O)c1cc(C(F)(F)F)ccc1F)C(=O)N1CCC2(CC1)C(=O)N(C)C(=O)N2c1ccc([AsH]C2COC2)cc1. The average molecular weight is 681 g/mol. The molecule has 1 N–H and O–H groups in total. The number of alkyl halides is 3. The van der Waals surface area contributed by atoms with Crippen LogP contribution in [0.3, 0.4) is 0 Å². The van der Waals surface area contributed by atoms with Crippen molar-refractivity contribution in [2.45, 2.75) is 49.2 Å². The van der Waals surface area contributed by atoms with Crippen LogP contribution < -0.4 is 14.6 Å². The molecule has 2 atom stereocenters. The summed E-state index contributed by atoms with van der Waals surface area (Å²) in [5, 5.41) is 2.41. The number of imide groups is 1. The van der Waals surface area contributed by atoms with Gasteiger partial charge in [0, 0.05) is 0 Å². The van der Waals surface area contributed by atoms with Crippen molar-refractivity contribution < 1.29 is 41.5 Å². The number of likely N-dealkylation sites (tertiary alicyclic amines) is 1. The molecule has 236 valence electrons. The molecule has 1 spiro atoms. The standard InChI is InChI=1S/C30H33AsF4N4O5/c1-17(2)24(36-25(40)22-14-18(30(33,34)35)4-9-23(22)32)26(41)38-12-10-29(11-13-38)27(42)37(3)28(43)39(29)21-7-5-19(6-8-21)31-20-15-44-16-20/h4-9,14,17,20,24,31H,10-13,15-16H2,1-3H3,(H,36,40). The van der Waals surface area contributed by atoms with Gasteiger partial charge in [-0.2, -0.15) is 13.2 Å². The molecule has 3 aliphatic heterocycles. The summed E-state index contributed by atoms with van der Waals surface area (Å²) < 4.78 is 60.9. The van der Waals surface area contributed by atoms with E-state index >= 15 is 0 Å². The van der Waals surface area contributed by atoms with Gasteiger partial charge < -0.3 is 0 Å². The number of piperidine rings is 1. The number of hydrogen-bond donors (Lipinski definition) is 1. The second-order valence-corrected chi connectivity index (χ2v) is 15.2. The fourth-order valence-electron chi connectivity index (χ4n) is 5.79. The van der Waals surface area contributed by atoms with Gasteiger partial charge in [0.25, 0.3) is 5.91 Å². The van der Waals surface area contributed by atoms with E-state index in [2.05, 4.69) is 5.32 Å². The predicted molar refractivity (Wildman–Crippen MR) is 154 cm³/mol. The zero-order valence-corrected chi connectivity index (χ0v) is 26.5. The number of hydrogen-bond acceptors (Lipinski definition) is 5. The Balaban J connectivity index is 1.31. The van der Waals surface area contributed by atoms with E-state index in [1.54, 1.807) is 13.8 Å². The zero-order chi connectivity index (χ0) is 32.0. The van der Waals surface area contributed by atoms with Crippen LogP contribution in [-0.2, 0) is 20.5 Å². The van der Waals surface area contributed by atoms with E-state index in [9.17, 15) is 36.7 Å². The van der Waals surface area contributed by atoms with Crippen LogP contribution in [0.4, 0.5) is 28.0 Å². The van der Waals surface area contributed by atoms with Gasteiger partial charge >= 0.3 is 182 Å². The number of ether oxygens (including phenoxy) is 1. The van der Waals surface area contributed by atoms with Crippen molar-refractivity contribution in [1.82, 2.24) is 15.1 Å². The van der Waals surface area contributed by atoms with Crippen LogP contribution in [0.25, 0.3) is 0 Å². The maximum atomic E-state index is 14.4. The van der Waals surface area contributed by atoms with Crippen molar-refractivity contribution >= 4 is 49.5 Å². The van der Waals surface area contributed by atoms with Crippen molar-refractivity contribution in [3.8, 4) is 0 Å². The van der Waals surface area contributed by atoms with Gasteiger partial charge in [-0.15, -0.1) is 0 Å². The summed E-state index contributed by atoms with van der Waals surface area (Å²) in [6, 6.07) is 7.56. The maximum absolute atomic E-state index is 14.4. The van der Waals surface area contributed by atoms with Gasteiger partial charge in [0.2, 0.25) is 0 Å². The van der Waals surface area contributed by atoms with E-state index in [0.29, 0.717) is 28.6 Å². The van der Waals surface area contributed by atoms with E-state index in [-0.39, 0.29) is 47.6 Å². The summed E-state index contributed by atoms with van der Waals surface area (Å²) in [6.07, 6.45) is -4.50. The van der Waals surface area contributed by atoms with Gasteiger partial charge in [0.1, 0.15) is 5.82 Å². The molecule has 0 radical (unpaired) electrons. The molecule has 2 unspecified atom stereocenters. The first-order valence-corrected chi connectivity index (χ1v) is 16.5. The van der Waals surface area contributed by atoms with E-state index in [1.165, 1.54) is 21.2 Å². The Morgan fingerprint density at radius 3 is 2.23 bits per heavy atom. The molecule has 14 heteroatoms. The molecule has 9 nitrogen and oxygen atoms in total. The first kappa shape index (κ1) is 32.0. The van der Waals surface area contributed by atoms with Gasteiger partial charge in [0.15, 0.2) is 0 Å². The van der Waals surface area contributed by atoms with Gasteiger partial charge in [-0.25, -0.2) is 4.39 Å². The number of anilines is 1. The van der Waals surface area contributed by atoms with Gasteiger partial charge in [-0.3, -0.25) is 4.79 Å². The van der Waals surface area contributed by atoms with Crippen LogP contribution in [-0.4, -0.2) is 94.2 Å². The molecule has 3 heterocycles. The summed E-state index contributed by atoms with van der Waals surface area (Å²) in [4.78, 5) is 57.3. The van der Waals surface area contributed by atoms with Crippen LogP contribution in [0.5, 0.6) is 0 Å². The monoisotopic (exact) mass is 680 g/mol. The van der Waals surface area contributed by atoms with Crippen molar-refractivity contribution in [3.63, 3.8) is 0 Å². The summed E-state index contributed by atoms with van der Waals surface area (Å²) >= 11 is -0.384. The molecule has 0 aromatic heterocycles. The molecule has 0 aliphatic carbocycles. The fourth-order valence-corrected chi connectivity index (χ4v) is 8.37. The third-order valence-corrected chi connectivity index (χ3v) is 11.4. The number of nitrogens with one attached hydrogen (secondary N) is 1. The molecule has 5 amide bonds. The van der Waals surface area contributed by atoms with Crippen molar-refractivity contribution in [2.24, 2.45) is 5.92 Å². The molecule has 3 aliphatic rings. The predicted octanol–water partition coefficient (Wildman–Crippen LogP) is 2.94. The Labute approximate surface area is 258 Å². The third-order valence-electron chi connectivity index (χ3n) is 8.40. The van der Waals surface area contributed by atoms with E-state index in [1.807, 2.05) is 24.3 Å². The summed E-state index contributed by atoms with van der Waals surface area (Å²) in [5.41, 5.74) is -2.62. The average Bonchev–Trinajstić information content (AvgIpc) is 3.13. The number of benzene rings is 2. The molecule has 0 bridgehead atoms. The van der Waals surface area contributed by atoms with Gasteiger partial charge in [-0.1, -0.05) is 13.8 Å². The molecule has 3 fully saturated rings. The minimum absolute atomic E-state index is 0.0885. The quantitative estimate of drug-likeness (QED) is 0.276. The van der Waals surface area contributed by atoms with Crippen LogP contribution in [0.1, 0.15) is 42.6 Å². The molecule has 44 heavy (non-hydrogen) atoms. The number of carbonyl (C=O) groups is 4. The summed E-state index contributed by atoms with van der Waals surface area (Å²) in [5.74, 6) is -3.66. The number of halogens is 4. The summed E-state index contributed by atoms with van der Waals surface area (Å²) in [6.45, 7) is 5.02. The van der Waals surface area contributed by atoms with Crippen LogP contribution >= 0.6 is 0 Å². The number of likely N-dealkylation sites (N-methyl/N-ethyl adjacent to an activating group) is 1. The van der Waals surface area contributed by atoms with Crippen molar-refractivity contribution in [3.05, 3.63) is 59.4 Å². The van der Waals surface area contributed by atoms with Gasteiger partial charge in [-0.05, 0) is 18.2 Å². The number of rotatable bonds is 7. The molecule has 0 saturated carbocycles.